The summed E-state index contributed by atoms with van der Waals surface area (Å²) >= 11 is 1.64. The highest BCUT2D eigenvalue weighted by Gasteiger charge is 2.43. The number of carbonyl (C=O) groups is 2. The Bertz CT molecular complexity index is 899. The van der Waals surface area contributed by atoms with Crippen LogP contribution in [0.4, 0.5) is 0 Å². The third-order valence-corrected chi connectivity index (χ3v) is 7.70. The van der Waals surface area contributed by atoms with Gasteiger partial charge in [0, 0.05) is 18.5 Å². The Hall–Kier alpha value is -2.21. The van der Waals surface area contributed by atoms with Gasteiger partial charge < -0.3 is 10.2 Å². The van der Waals surface area contributed by atoms with Crippen molar-refractivity contribution >= 4 is 23.2 Å². The molecule has 1 aromatic heterocycles. The van der Waals surface area contributed by atoms with Crippen LogP contribution in [0.1, 0.15) is 63.1 Å². The lowest BCUT2D eigenvalue weighted by Gasteiger charge is -2.37. The van der Waals surface area contributed by atoms with Crippen LogP contribution in [-0.4, -0.2) is 34.3 Å². The summed E-state index contributed by atoms with van der Waals surface area (Å²) in [6.45, 7) is 5.29. The SMILES string of the molecule is Cc1ncsc1-c1ccc(CNC(=O)C2CCCN2C(=O)C2(C)CCCCC2)cc1. The van der Waals surface area contributed by atoms with Gasteiger partial charge >= 0.3 is 0 Å². The van der Waals surface area contributed by atoms with E-state index < -0.39 is 0 Å². The quantitative estimate of drug-likeness (QED) is 0.755. The molecule has 160 valence electrons. The van der Waals surface area contributed by atoms with Crippen LogP contribution < -0.4 is 5.32 Å². The second kappa shape index (κ2) is 8.88. The fourth-order valence-corrected chi connectivity index (χ4v) is 5.65. The molecule has 30 heavy (non-hydrogen) atoms. The zero-order chi connectivity index (χ0) is 21.1. The van der Waals surface area contributed by atoms with E-state index in [1.165, 1.54) is 11.3 Å². The Morgan fingerprint density at radius 1 is 1.17 bits per heavy atom. The number of nitrogens with zero attached hydrogens (tertiary/aromatic N) is 2. The molecule has 2 fully saturated rings. The molecule has 1 saturated heterocycles. The van der Waals surface area contributed by atoms with Gasteiger partial charge in [-0.3, -0.25) is 9.59 Å². The number of thiazole rings is 1. The van der Waals surface area contributed by atoms with Gasteiger partial charge in [0.1, 0.15) is 6.04 Å². The highest BCUT2D eigenvalue weighted by Crippen LogP contribution is 2.39. The normalized spacial score (nSPS) is 20.9. The minimum Gasteiger partial charge on any atom is -0.350 e. The number of amides is 2. The number of hydrogen-bond donors (Lipinski definition) is 1. The number of hydrogen-bond acceptors (Lipinski definition) is 4. The average molecular weight is 426 g/mol. The third-order valence-electron chi connectivity index (χ3n) is 6.72. The van der Waals surface area contributed by atoms with Crippen LogP contribution >= 0.6 is 11.3 Å². The Morgan fingerprint density at radius 2 is 1.90 bits per heavy atom. The zero-order valence-corrected chi connectivity index (χ0v) is 18.8. The lowest BCUT2D eigenvalue weighted by molar-refractivity contribution is -0.147. The topological polar surface area (TPSA) is 62.3 Å². The molecule has 1 unspecified atom stereocenters. The number of likely N-dealkylation sites (tertiary alicyclic amines) is 1. The predicted octanol–water partition coefficient (Wildman–Crippen LogP) is 4.70. The Labute approximate surface area is 182 Å². The van der Waals surface area contributed by atoms with Crippen molar-refractivity contribution in [3.63, 3.8) is 0 Å². The standard InChI is InChI=1S/C24H31N3O2S/c1-17-21(30-16-26-17)19-10-8-18(9-11-19)15-25-22(28)20-7-6-14-27(20)23(29)24(2)12-4-3-5-13-24/h8-11,16,20H,3-7,12-15H2,1-2H3,(H,25,28). The van der Waals surface area contributed by atoms with Gasteiger partial charge in [0.15, 0.2) is 0 Å². The molecule has 6 heteroatoms. The van der Waals surface area contributed by atoms with E-state index in [1.54, 1.807) is 11.3 Å². The summed E-state index contributed by atoms with van der Waals surface area (Å²) in [5, 5.41) is 3.06. The molecular weight excluding hydrogens is 394 g/mol. The minimum atomic E-state index is -0.324. The lowest BCUT2D eigenvalue weighted by Crippen LogP contribution is -2.50. The van der Waals surface area contributed by atoms with Gasteiger partial charge in [-0.05, 0) is 43.7 Å². The minimum absolute atomic E-state index is 0.0253. The van der Waals surface area contributed by atoms with Gasteiger partial charge in [-0.1, -0.05) is 50.5 Å². The van der Waals surface area contributed by atoms with Crippen molar-refractivity contribution in [1.29, 1.82) is 0 Å². The molecule has 5 nitrogen and oxygen atoms in total. The second-order valence-corrected chi connectivity index (χ2v) is 9.81. The molecule has 2 heterocycles. The fraction of sp³-hybridized carbons (Fsp3) is 0.542. The van der Waals surface area contributed by atoms with Gasteiger partial charge in [-0.2, -0.15) is 0 Å². The molecule has 1 aliphatic heterocycles. The van der Waals surface area contributed by atoms with E-state index >= 15 is 0 Å². The van der Waals surface area contributed by atoms with E-state index in [-0.39, 0.29) is 23.3 Å². The van der Waals surface area contributed by atoms with Crippen molar-refractivity contribution in [2.24, 2.45) is 5.41 Å². The zero-order valence-electron chi connectivity index (χ0n) is 17.9. The van der Waals surface area contributed by atoms with E-state index in [0.29, 0.717) is 13.1 Å². The van der Waals surface area contributed by atoms with Gasteiger partial charge in [0.05, 0.1) is 16.1 Å². The van der Waals surface area contributed by atoms with Gasteiger partial charge in [-0.15, -0.1) is 11.3 Å². The van der Waals surface area contributed by atoms with Crippen molar-refractivity contribution in [2.45, 2.75) is 71.4 Å². The maximum atomic E-state index is 13.2. The average Bonchev–Trinajstić information content (AvgIpc) is 3.41. The maximum absolute atomic E-state index is 13.2. The maximum Gasteiger partial charge on any atom is 0.243 e. The largest absolute Gasteiger partial charge is 0.350 e. The van der Waals surface area contributed by atoms with E-state index in [4.69, 9.17) is 0 Å². The molecule has 1 aliphatic carbocycles. The first-order valence-electron chi connectivity index (χ1n) is 11.1. The molecule has 2 amide bonds. The summed E-state index contributed by atoms with van der Waals surface area (Å²) in [7, 11) is 0. The van der Waals surface area contributed by atoms with Crippen LogP contribution in [0.2, 0.25) is 0 Å². The van der Waals surface area contributed by atoms with E-state index in [1.807, 2.05) is 17.3 Å². The Morgan fingerprint density at radius 3 is 2.57 bits per heavy atom. The van der Waals surface area contributed by atoms with Crippen LogP contribution in [0, 0.1) is 12.3 Å². The van der Waals surface area contributed by atoms with Gasteiger partial charge in [0.25, 0.3) is 0 Å². The first-order chi connectivity index (χ1) is 14.5. The smallest absolute Gasteiger partial charge is 0.243 e. The van der Waals surface area contributed by atoms with Crippen LogP contribution in [0.15, 0.2) is 29.8 Å². The molecule has 2 aliphatic rings. The summed E-state index contributed by atoms with van der Waals surface area (Å²) in [4.78, 5) is 33.5. The van der Waals surface area contributed by atoms with E-state index in [2.05, 4.69) is 41.5 Å². The predicted molar refractivity (Wildman–Crippen MR) is 120 cm³/mol. The van der Waals surface area contributed by atoms with Crippen molar-refractivity contribution in [2.75, 3.05) is 6.54 Å². The van der Waals surface area contributed by atoms with E-state index in [0.717, 1.165) is 55.3 Å². The fourth-order valence-electron chi connectivity index (χ4n) is 4.83. The van der Waals surface area contributed by atoms with Crippen LogP contribution in [0.5, 0.6) is 0 Å². The summed E-state index contributed by atoms with van der Waals surface area (Å²) in [5.74, 6) is 0.159. The molecule has 1 N–H and O–H groups in total. The first kappa shape index (κ1) is 21.0. The molecule has 1 aromatic carbocycles. The van der Waals surface area contributed by atoms with Crippen molar-refractivity contribution in [3.05, 3.63) is 41.0 Å². The first-order valence-corrected chi connectivity index (χ1v) is 11.9. The van der Waals surface area contributed by atoms with Crippen LogP contribution in [-0.2, 0) is 16.1 Å². The number of benzene rings is 1. The number of aromatic nitrogens is 1. The number of carbonyl (C=O) groups excluding carboxylic acids is 2. The van der Waals surface area contributed by atoms with E-state index in [9.17, 15) is 9.59 Å². The molecule has 0 spiro atoms. The third kappa shape index (κ3) is 4.29. The van der Waals surface area contributed by atoms with Crippen LogP contribution in [0.3, 0.4) is 0 Å². The molecule has 0 radical (unpaired) electrons. The summed E-state index contributed by atoms with van der Waals surface area (Å²) in [6.07, 6.45) is 7.01. The molecule has 4 rings (SSSR count). The Balaban J connectivity index is 1.36. The number of nitrogens with one attached hydrogen (secondary N) is 1. The van der Waals surface area contributed by atoms with Gasteiger partial charge in [0.2, 0.25) is 11.8 Å². The highest BCUT2D eigenvalue weighted by molar-refractivity contribution is 7.13. The lowest BCUT2D eigenvalue weighted by atomic mass is 9.74. The van der Waals surface area contributed by atoms with Gasteiger partial charge in [-0.25, -0.2) is 4.98 Å². The van der Waals surface area contributed by atoms with Crippen molar-refractivity contribution < 1.29 is 9.59 Å². The monoisotopic (exact) mass is 425 g/mol. The molecule has 1 atom stereocenters. The summed E-state index contributed by atoms with van der Waals surface area (Å²) < 4.78 is 0. The molecule has 1 saturated carbocycles. The highest BCUT2D eigenvalue weighted by atomic mass is 32.1. The number of aryl methyl sites for hydroxylation is 1. The Kier molecular flexibility index (Phi) is 6.23. The summed E-state index contributed by atoms with van der Waals surface area (Å²) in [6, 6.07) is 7.94. The molecule has 2 aromatic rings. The van der Waals surface area contributed by atoms with Crippen molar-refractivity contribution in [1.82, 2.24) is 15.2 Å². The van der Waals surface area contributed by atoms with Crippen molar-refractivity contribution in [3.8, 4) is 10.4 Å². The second-order valence-electron chi connectivity index (χ2n) is 8.96. The molecular formula is C24H31N3O2S. The molecule has 0 bridgehead atoms. The number of rotatable bonds is 5. The van der Waals surface area contributed by atoms with Crippen LogP contribution in [0.25, 0.3) is 10.4 Å². The summed E-state index contributed by atoms with van der Waals surface area (Å²) in [5.41, 5.74) is 4.83.